The number of piperazine rings is 1. The number of carbonyl (C=O) groups excluding carboxylic acids is 1. The van der Waals surface area contributed by atoms with E-state index < -0.39 is 0 Å². The van der Waals surface area contributed by atoms with Crippen LogP contribution in [0.15, 0.2) is 28.6 Å². The number of halogens is 1. The minimum Gasteiger partial charge on any atom is -0.465 e. The molecule has 3 rings (SSSR count). The standard InChI is InChI=1S/C16H19FN4O2S2/c1-2-23-14(22)11-24-16-19-18-15(25-16)21-9-7-20(8-10-21)13-5-3-12(17)4-6-13/h3-6H,2,7-11H2,1H3. The molecule has 0 spiro atoms. The highest BCUT2D eigenvalue weighted by molar-refractivity contribution is 8.01. The summed E-state index contributed by atoms with van der Waals surface area (Å²) in [5.41, 5.74) is 1.03. The molecular formula is C16H19FN4O2S2. The van der Waals surface area contributed by atoms with Crippen molar-refractivity contribution in [1.29, 1.82) is 0 Å². The van der Waals surface area contributed by atoms with Crippen molar-refractivity contribution in [2.24, 2.45) is 0 Å². The van der Waals surface area contributed by atoms with Crippen molar-refractivity contribution in [3.05, 3.63) is 30.1 Å². The fraction of sp³-hybridized carbons (Fsp3) is 0.438. The van der Waals surface area contributed by atoms with E-state index in [1.807, 2.05) is 0 Å². The minimum atomic E-state index is -0.239. The molecule has 134 valence electrons. The van der Waals surface area contributed by atoms with Crippen LogP contribution in [0.1, 0.15) is 6.92 Å². The average Bonchev–Trinajstić information content (AvgIpc) is 3.10. The maximum atomic E-state index is 13.0. The quantitative estimate of drug-likeness (QED) is 0.562. The number of nitrogens with zero attached hydrogens (tertiary/aromatic N) is 4. The molecule has 0 amide bonds. The van der Waals surface area contributed by atoms with Crippen molar-refractivity contribution in [2.75, 3.05) is 48.3 Å². The summed E-state index contributed by atoms with van der Waals surface area (Å²) >= 11 is 2.84. The van der Waals surface area contributed by atoms with Gasteiger partial charge in [0.15, 0.2) is 4.34 Å². The molecule has 0 saturated carbocycles. The zero-order chi connectivity index (χ0) is 17.6. The molecule has 1 fully saturated rings. The van der Waals surface area contributed by atoms with Crippen LogP contribution in [-0.4, -0.2) is 54.7 Å². The van der Waals surface area contributed by atoms with Gasteiger partial charge in [0, 0.05) is 31.9 Å². The van der Waals surface area contributed by atoms with Gasteiger partial charge in [0.05, 0.1) is 12.4 Å². The lowest BCUT2D eigenvalue weighted by atomic mass is 10.2. The van der Waals surface area contributed by atoms with Crippen LogP contribution >= 0.6 is 23.1 Å². The predicted molar refractivity (Wildman–Crippen MR) is 98.1 cm³/mol. The van der Waals surface area contributed by atoms with Crippen LogP contribution < -0.4 is 9.80 Å². The Balaban J connectivity index is 1.51. The molecule has 2 aromatic rings. The second-order valence-corrected chi connectivity index (χ2v) is 7.57. The molecule has 1 saturated heterocycles. The van der Waals surface area contributed by atoms with E-state index in [1.54, 1.807) is 19.1 Å². The molecular weight excluding hydrogens is 363 g/mol. The lowest BCUT2D eigenvalue weighted by Gasteiger charge is -2.35. The summed E-state index contributed by atoms with van der Waals surface area (Å²) < 4.78 is 18.7. The fourth-order valence-corrected chi connectivity index (χ4v) is 4.21. The zero-order valence-electron chi connectivity index (χ0n) is 13.9. The van der Waals surface area contributed by atoms with Crippen molar-refractivity contribution < 1.29 is 13.9 Å². The second-order valence-electron chi connectivity index (χ2n) is 5.39. The van der Waals surface area contributed by atoms with Gasteiger partial charge >= 0.3 is 5.97 Å². The number of benzene rings is 1. The third kappa shape index (κ3) is 4.82. The SMILES string of the molecule is CCOC(=O)CSc1nnc(N2CCN(c3ccc(F)cc3)CC2)s1. The molecule has 25 heavy (non-hydrogen) atoms. The topological polar surface area (TPSA) is 58.6 Å². The number of esters is 1. The Hall–Kier alpha value is -1.87. The van der Waals surface area contributed by atoms with Gasteiger partial charge in [-0.25, -0.2) is 4.39 Å². The van der Waals surface area contributed by atoms with Gasteiger partial charge in [0.1, 0.15) is 5.82 Å². The molecule has 1 aliphatic rings. The van der Waals surface area contributed by atoms with Crippen LogP contribution in [0.25, 0.3) is 0 Å². The summed E-state index contributed by atoms with van der Waals surface area (Å²) in [6, 6.07) is 6.58. The summed E-state index contributed by atoms with van der Waals surface area (Å²) in [5.74, 6) is -0.206. The normalized spacial score (nSPS) is 14.6. The van der Waals surface area contributed by atoms with Gasteiger partial charge in [-0.05, 0) is 31.2 Å². The van der Waals surface area contributed by atoms with E-state index in [-0.39, 0.29) is 17.5 Å². The number of carbonyl (C=O) groups is 1. The third-order valence-electron chi connectivity index (χ3n) is 3.76. The molecule has 0 radical (unpaired) electrons. The number of thioether (sulfide) groups is 1. The van der Waals surface area contributed by atoms with Crippen molar-refractivity contribution in [2.45, 2.75) is 11.3 Å². The molecule has 1 aromatic carbocycles. The Morgan fingerprint density at radius 2 is 1.88 bits per heavy atom. The molecule has 0 atom stereocenters. The lowest BCUT2D eigenvalue weighted by molar-refractivity contribution is -0.139. The highest BCUT2D eigenvalue weighted by Gasteiger charge is 2.20. The Morgan fingerprint density at radius 3 is 2.56 bits per heavy atom. The minimum absolute atomic E-state index is 0.218. The van der Waals surface area contributed by atoms with E-state index >= 15 is 0 Å². The average molecular weight is 382 g/mol. The van der Waals surface area contributed by atoms with Gasteiger partial charge in [-0.1, -0.05) is 23.1 Å². The molecule has 1 aromatic heterocycles. The second kappa shape index (κ2) is 8.48. The largest absolute Gasteiger partial charge is 0.465 e. The van der Waals surface area contributed by atoms with E-state index in [0.717, 1.165) is 41.3 Å². The molecule has 2 heterocycles. The first kappa shape index (κ1) is 17.9. The van der Waals surface area contributed by atoms with Crippen LogP contribution in [0.3, 0.4) is 0 Å². The summed E-state index contributed by atoms with van der Waals surface area (Å²) in [6.45, 7) is 5.52. The van der Waals surface area contributed by atoms with Crippen LogP contribution in [-0.2, 0) is 9.53 Å². The number of anilines is 2. The molecule has 0 unspecified atom stereocenters. The van der Waals surface area contributed by atoms with Crippen LogP contribution in [0, 0.1) is 5.82 Å². The van der Waals surface area contributed by atoms with Crippen molar-refractivity contribution in [3.63, 3.8) is 0 Å². The lowest BCUT2D eigenvalue weighted by Crippen LogP contribution is -2.46. The summed E-state index contributed by atoms with van der Waals surface area (Å²) in [4.78, 5) is 15.8. The van der Waals surface area contributed by atoms with Gasteiger partial charge in [0.25, 0.3) is 0 Å². The van der Waals surface area contributed by atoms with E-state index in [0.29, 0.717) is 6.61 Å². The molecule has 1 aliphatic heterocycles. The molecule has 6 nitrogen and oxygen atoms in total. The van der Waals surface area contributed by atoms with E-state index in [9.17, 15) is 9.18 Å². The van der Waals surface area contributed by atoms with Crippen LogP contribution in [0.4, 0.5) is 15.2 Å². The maximum Gasteiger partial charge on any atom is 0.316 e. The number of hydrogen-bond acceptors (Lipinski definition) is 8. The van der Waals surface area contributed by atoms with Gasteiger partial charge in [-0.15, -0.1) is 10.2 Å². The Labute approximate surface area is 154 Å². The Bertz CT molecular complexity index is 702. The van der Waals surface area contributed by atoms with Crippen molar-refractivity contribution in [3.8, 4) is 0 Å². The van der Waals surface area contributed by atoms with Crippen LogP contribution in [0.5, 0.6) is 0 Å². The predicted octanol–water partition coefficient (Wildman–Crippen LogP) is 2.66. The third-order valence-corrected chi connectivity index (χ3v) is 5.85. The number of ether oxygens (including phenoxy) is 1. The van der Waals surface area contributed by atoms with E-state index in [1.165, 1.54) is 35.2 Å². The first-order valence-electron chi connectivity index (χ1n) is 8.03. The monoisotopic (exact) mass is 382 g/mol. The van der Waals surface area contributed by atoms with E-state index in [4.69, 9.17) is 4.74 Å². The molecule has 0 N–H and O–H groups in total. The maximum absolute atomic E-state index is 13.0. The van der Waals surface area contributed by atoms with Gasteiger partial charge < -0.3 is 14.5 Å². The Morgan fingerprint density at radius 1 is 1.20 bits per heavy atom. The summed E-state index contributed by atoms with van der Waals surface area (Å²) in [5, 5.41) is 9.23. The van der Waals surface area contributed by atoms with Gasteiger partial charge in [-0.2, -0.15) is 0 Å². The fourth-order valence-electron chi connectivity index (χ4n) is 2.52. The number of rotatable bonds is 6. The van der Waals surface area contributed by atoms with Crippen molar-refractivity contribution >= 4 is 39.9 Å². The Kier molecular flexibility index (Phi) is 6.09. The van der Waals surface area contributed by atoms with Crippen molar-refractivity contribution in [1.82, 2.24) is 10.2 Å². The number of hydrogen-bond donors (Lipinski definition) is 0. The van der Waals surface area contributed by atoms with Gasteiger partial charge in [0.2, 0.25) is 5.13 Å². The smallest absolute Gasteiger partial charge is 0.316 e. The first-order chi connectivity index (χ1) is 12.2. The number of aromatic nitrogens is 2. The zero-order valence-corrected chi connectivity index (χ0v) is 15.5. The van der Waals surface area contributed by atoms with Gasteiger partial charge in [-0.3, -0.25) is 4.79 Å². The first-order valence-corrected chi connectivity index (χ1v) is 9.83. The molecule has 0 aliphatic carbocycles. The summed E-state index contributed by atoms with van der Waals surface area (Å²) in [7, 11) is 0. The van der Waals surface area contributed by atoms with E-state index in [2.05, 4.69) is 20.0 Å². The summed E-state index contributed by atoms with van der Waals surface area (Å²) in [6.07, 6.45) is 0. The highest BCUT2D eigenvalue weighted by Crippen LogP contribution is 2.29. The highest BCUT2D eigenvalue weighted by atomic mass is 32.2. The molecule has 0 bridgehead atoms. The molecule has 9 heteroatoms. The van der Waals surface area contributed by atoms with Crippen LogP contribution in [0.2, 0.25) is 0 Å².